The standard InChI is InChI=1S/C24H30FNO3.ClH/c1-17(2)9-11-26-12-10-22(18-3-5-20(25)6-4-18)19(14-26)15-27-21-7-8-23-24(13-21)29-16-28-23;/h3-8,13,17,19,22H,9-12,14-16H2,1-2H3;1H/t19-,22-;/m0./s1. The van der Waals surface area contributed by atoms with Crippen LogP contribution in [0.4, 0.5) is 4.39 Å². The maximum atomic E-state index is 13.4. The minimum Gasteiger partial charge on any atom is -0.493 e. The highest BCUT2D eigenvalue weighted by atomic mass is 35.5. The van der Waals surface area contributed by atoms with Crippen molar-refractivity contribution in [2.24, 2.45) is 11.8 Å². The lowest BCUT2D eigenvalue weighted by Gasteiger charge is -2.39. The van der Waals surface area contributed by atoms with Gasteiger partial charge in [0, 0.05) is 18.5 Å². The van der Waals surface area contributed by atoms with Gasteiger partial charge in [-0.25, -0.2) is 4.39 Å². The Labute approximate surface area is 184 Å². The number of fused-ring (bicyclic) bond motifs is 1. The van der Waals surface area contributed by atoms with Crippen molar-refractivity contribution in [2.75, 3.05) is 33.0 Å². The van der Waals surface area contributed by atoms with Crippen LogP contribution < -0.4 is 14.2 Å². The third-order valence-corrected chi connectivity index (χ3v) is 5.95. The van der Waals surface area contributed by atoms with Crippen molar-refractivity contribution in [2.45, 2.75) is 32.6 Å². The van der Waals surface area contributed by atoms with Crippen LogP contribution in [0.25, 0.3) is 0 Å². The second-order valence-electron chi connectivity index (χ2n) is 8.52. The zero-order valence-electron chi connectivity index (χ0n) is 17.7. The van der Waals surface area contributed by atoms with Gasteiger partial charge < -0.3 is 19.1 Å². The first kappa shape index (κ1) is 22.7. The zero-order chi connectivity index (χ0) is 20.2. The van der Waals surface area contributed by atoms with Crippen molar-refractivity contribution in [1.29, 1.82) is 0 Å². The zero-order valence-corrected chi connectivity index (χ0v) is 18.5. The summed E-state index contributed by atoms with van der Waals surface area (Å²) in [5, 5.41) is 0. The number of piperidine rings is 1. The van der Waals surface area contributed by atoms with E-state index in [0.29, 0.717) is 24.4 Å². The molecule has 0 aromatic heterocycles. The van der Waals surface area contributed by atoms with Gasteiger partial charge in [-0.2, -0.15) is 0 Å². The molecule has 2 heterocycles. The van der Waals surface area contributed by atoms with Crippen molar-refractivity contribution < 1.29 is 18.6 Å². The Morgan fingerprint density at radius 3 is 2.63 bits per heavy atom. The molecule has 2 aromatic carbocycles. The van der Waals surface area contributed by atoms with Gasteiger partial charge in [-0.05, 0) is 67.6 Å². The molecule has 2 aromatic rings. The van der Waals surface area contributed by atoms with E-state index in [1.165, 1.54) is 12.0 Å². The van der Waals surface area contributed by atoms with E-state index in [0.717, 1.165) is 43.3 Å². The van der Waals surface area contributed by atoms with E-state index in [1.807, 2.05) is 30.3 Å². The van der Waals surface area contributed by atoms with E-state index in [2.05, 4.69) is 18.7 Å². The summed E-state index contributed by atoms with van der Waals surface area (Å²) in [6, 6.07) is 12.7. The van der Waals surface area contributed by atoms with Crippen molar-refractivity contribution >= 4 is 12.4 Å². The number of halogens is 2. The van der Waals surface area contributed by atoms with E-state index in [4.69, 9.17) is 14.2 Å². The first-order valence-electron chi connectivity index (χ1n) is 10.6. The van der Waals surface area contributed by atoms with E-state index in [-0.39, 0.29) is 25.0 Å². The van der Waals surface area contributed by atoms with Gasteiger partial charge in [-0.3, -0.25) is 0 Å². The lowest BCUT2D eigenvalue weighted by molar-refractivity contribution is 0.107. The number of nitrogens with zero attached hydrogens (tertiary/aromatic N) is 1. The second kappa shape index (κ2) is 10.4. The van der Waals surface area contributed by atoms with Crippen LogP contribution in [0.1, 0.15) is 38.2 Å². The average molecular weight is 436 g/mol. The first-order chi connectivity index (χ1) is 14.1. The van der Waals surface area contributed by atoms with Gasteiger partial charge in [0.2, 0.25) is 6.79 Å². The number of hydrogen-bond donors (Lipinski definition) is 0. The quantitative estimate of drug-likeness (QED) is 0.574. The molecular formula is C24H31ClFNO3. The van der Waals surface area contributed by atoms with E-state index >= 15 is 0 Å². The summed E-state index contributed by atoms with van der Waals surface area (Å²) in [6.45, 7) is 8.62. The maximum Gasteiger partial charge on any atom is 0.231 e. The molecule has 0 N–H and O–H groups in total. The third kappa shape index (κ3) is 5.58. The lowest BCUT2D eigenvalue weighted by atomic mass is 9.80. The Morgan fingerprint density at radius 1 is 1.10 bits per heavy atom. The largest absolute Gasteiger partial charge is 0.493 e. The maximum absolute atomic E-state index is 13.4. The molecule has 0 spiro atoms. The summed E-state index contributed by atoms with van der Waals surface area (Å²) in [5.41, 5.74) is 1.20. The molecule has 4 rings (SSSR count). The van der Waals surface area contributed by atoms with Crippen LogP contribution in [0.2, 0.25) is 0 Å². The minimum absolute atomic E-state index is 0. The van der Waals surface area contributed by atoms with Crippen LogP contribution in [0.3, 0.4) is 0 Å². The number of benzene rings is 2. The Hall–Kier alpha value is -1.98. The molecule has 2 aliphatic heterocycles. The van der Waals surface area contributed by atoms with E-state index < -0.39 is 0 Å². The number of rotatable bonds is 7. The summed E-state index contributed by atoms with van der Waals surface area (Å²) in [6.07, 6.45) is 2.27. The predicted molar refractivity (Wildman–Crippen MR) is 118 cm³/mol. The molecule has 164 valence electrons. The SMILES string of the molecule is CC(C)CCN1CC[C@@H](c2ccc(F)cc2)[C@H](COc2ccc3c(c2)OCO3)C1.Cl. The predicted octanol–water partition coefficient (Wildman–Crippen LogP) is 5.51. The van der Waals surface area contributed by atoms with Gasteiger partial charge in [0.25, 0.3) is 0 Å². The smallest absolute Gasteiger partial charge is 0.231 e. The number of ether oxygens (including phenoxy) is 3. The molecule has 2 aliphatic rings. The van der Waals surface area contributed by atoms with Crippen LogP contribution in [0.15, 0.2) is 42.5 Å². The molecule has 0 amide bonds. The number of hydrogen-bond acceptors (Lipinski definition) is 4. The minimum atomic E-state index is -0.184. The molecule has 4 nitrogen and oxygen atoms in total. The molecule has 30 heavy (non-hydrogen) atoms. The molecule has 0 radical (unpaired) electrons. The van der Waals surface area contributed by atoms with Gasteiger partial charge >= 0.3 is 0 Å². The van der Waals surface area contributed by atoms with Crippen LogP contribution >= 0.6 is 12.4 Å². The van der Waals surface area contributed by atoms with E-state index in [1.54, 1.807) is 12.1 Å². The van der Waals surface area contributed by atoms with Gasteiger partial charge in [0.05, 0.1) is 6.61 Å². The molecule has 0 saturated carbocycles. The molecule has 1 fully saturated rings. The molecule has 0 bridgehead atoms. The topological polar surface area (TPSA) is 30.9 Å². The third-order valence-electron chi connectivity index (χ3n) is 5.95. The van der Waals surface area contributed by atoms with Crippen LogP contribution in [0, 0.1) is 17.7 Å². The monoisotopic (exact) mass is 435 g/mol. The van der Waals surface area contributed by atoms with Gasteiger partial charge in [-0.15, -0.1) is 12.4 Å². The Bertz CT molecular complexity index is 815. The normalized spacial score (nSPS) is 20.8. The summed E-state index contributed by atoms with van der Waals surface area (Å²) < 4.78 is 30.4. The Balaban J connectivity index is 0.00000256. The average Bonchev–Trinajstić information content (AvgIpc) is 3.19. The first-order valence-corrected chi connectivity index (χ1v) is 10.6. The van der Waals surface area contributed by atoms with Crippen LogP contribution in [-0.4, -0.2) is 37.9 Å². The van der Waals surface area contributed by atoms with Crippen molar-refractivity contribution in [3.8, 4) is 17.2 Å². The van der Waals surface area contributed by atoms with Crippen LogP contribution in [-0.2, 0) is 0 Å². The van der Waals surface area contributed by atoms with Gasteiger partial charge in [0.1, 0.15) is 11.6 Å². The highest BCUT2D eigenvalue weighted by Crippen LogP contribution is 2.37. The van der Waals surface area contributed by atoms with E-state index in [9.17, 15) is 4.39 Å². The summed E-state index contributed by atoms with van der Waals surface area (Å²) in [7, 11) is 0. The molecular weight excluding hydrogens is 405 g/mol. The lowest BCUT2D eigenvalue weighted by Crippen LogP contribution is -2.42. The fraction of sp³-hybridized carbons (Fsp3) is 0.500. The fourth-order valence-corrected chi connectivity index (χ4v) is 4.24. The van der Waals surface area contributed by atoms with Gasteiger partial charge in [0.15, 0.2) is 11.5 Å². The summed E-state index contributed by atoms with van der Waals surface area (Å²) >= 11 is 0. The Morgan fingerprint density at radius 2 is 1.87 bits per heavy atom. The molecule has 6 heteroatoms. The van der Waals surface area contributed by atoms with Gasteiger partial charge in [-0.1, -0.05) is 26.0 Å². The van der Waals surface area contributed by atoms with Crippen molar-refractivity contribution in [1.82, 2.24) is 4.90 Å². The molecule has 2 atom stereocenters. The number of likely N-dealkylation sites (tertiary alicyclic amines) is 1. The molecule has 0 aliphatic carbocycles. The Kier molecular flexibility index (Phi) is 7.84. The summed E-state index contributed by atoms with van der Waals surface area (Å²) in [4.78, 5) is 2.55. The summed E-state index contributed by atoms with van der Waals surface area (Å²) in [5.74, 6) is 3.54. The highest BCUT2D eigenvalue weighted by Gasteiger charge is 2.31. The highest BCUT2D eigenvalue weighted by molar-refractivity contribution is 5.85. The molecule has 1 saturated heterocycles. The van der Waals surface area contributed by atoms with Crippen molar-refractivity contribution in [3.63, 3.8) is 0 Å². The van der Waals surface area contributed by atoms with Crippen molar-refractivity contribution in [3.05, 3.63) is 53.8 Å². The molecule has 0 unspecified atom stereocenters. The fourth-order valence-electron chi connectivity index (χ4n) is 4.24. The second-order valence-corrected chi connectivity index (χ2v) is 8.52. The van der Waals surface area contributed by atoms with Crippen LogP contribution in [0.5, 0.6) is 17.2 Å².